The Hall–Kier alpha value is -1.40. The van der Waals surface area contributed by atoms with Crippen LogP contribution in [0.3, 0.4) is 0 Å². The van der Waals surface area contributed by atoms with E-state index in [1.165, 1.54) is 0 Å². The lowest BCUT2D eigenvalue weighted by atomic mass is 9.63. The van der Waals surface area contributed by atoms with Gasteiger partial charge in [0.1, 0.15) is 0 Å². The van der Waals surface area contributed by atoms with Crippen molar-refractivity contribution in [2.75, 3.05) is 19.6 Å². The number of primary amides is 1. The van der Waals surface area contributed by atoms with Crippen LogP contribution in [0, 0.1) is 0 Å². The number of nitrogens with zero attached hydrogens (tertiary/aromatic N) is 1. The van der Waals surface area contributed by atoms with Gasteiger partial charge in [-0.15, -0.1) is 0 Å². The number of halogens is 1. The molecule has 1 saturated carbocycles. The van der Waals surface area contributed by atoms with Gasteiger partial charge in [0.25, 0.3) is 0 Å². The molecule has 130 valence electrons. The average Bonchev–Trinajstić information content (AvgIpc) is 2.49. The summed E-state index contributed by atoms with van der Waals surface area (Å²) in [6.07, 6.45) is 4.67. The van der Waals surface area contributed by atoms with Crippen LogP contribution in [0.15, 0.2) is 28.7 Å². The molecule has 0 radical (unpaired) electrons. The van der Waals surface area contributed by atoms with E-state index in [4.69, 9.17) is 5.73 Å². The molecular formula is C18H24BrN3O2. The van der Waals surface area contributed by atoms with Crippen LogP contribution >= 0.6 is 15.9 Å². The molecule has 1 heterocycles. The third-order valence-electron chi connectivity index (χ3n) is 5.34. The van der Waals surface area contributed by atoms with E-state index in [0.717, 1.165) is 55.2 Å². The Morgan fingerprint density at radius 3 is 2.33 bits per heavy atom. The zero-order valence-electron chi connectivity index (χ0n) is 13.8. The van der Waals surface area contributed by atoms with Gasteiger partial charge in [-0.2, -0.15) is 0 Å². The normalized spacial score (nSPS) is 21.0. The smallest absolute Gasteiger partial charge is 0.231 e. The Labute approximate surface area is 151 Å². The van der Waals surface area contributed by atoms with Crippen molar-refractivity contribution in [2.45, 2.75) is 43.6 Å². The third-order valence-corrected chi connectivity index (χ3v) is 5.87. The van der Waals surface area contributed by atoms with Gasteiger partial charge in [0.05, 0.1) is 12.0 Å². The van der Waals surface area contributed by atoms with Gasteiger partial charge in [-0.3, -0.25) is 14.5 Å². The van der Waals surface area contributed by atoms with Crippen LogP contribution in [-0.2, 0) is 15.0 Å². The predicted octanol–water partition coefficient (Wildman–Crippen LogP) is 1.94. The molecule has 2 aliphatic rings. The first-order valence-electron chi connectivity index (χ1n) is 8.57. The molecule has 1 aliphatic heterocycles. The SMILES string of the molecule is NC(=O)CN1CCC(NC(=O)C2(c3ccc(Br)cc3)CCC2)CC1. The van der Waals surface area contributed by atoms with Gasteiger partial charge in [-0.1, -0.05) is 34.5 Å². The zero-order valence-corrected chi connectivity index (χ0v) is 15.3. The van der Waals surface area contributed by atoms with Crippen molar-refractivity contribution >= 4 is 27.7 Å². The zero-order chi connectivity index (χ0) is 17.2. The number of hydrogen-bond donors (Lipinski definition) is 2. The lowest BCUT2D eigenvalue weighted by Gasteiger charge is -2.42. The molecule has 0 atom stereocenters. The van der Waals surface area contributed by atoms with Gasteiger partial charge in [-0.05, 0) is 43.4 Å². The van der Waals surface area contributed by atoms with E-state index in [1.807, 2.05) is 12.1 Å². The van der Waals surface area contributed by atoms with Crippen LogP contribution in [0.5, 0.6) is 0 Å². The molecule has 6 heteroatoms. The number of rotatable bonds is 5. The number of likely N-dealkylation sites (tertiary alicyclic amines) is 1. The topological polar surface area (TPSA) is 75.4 Å². The predicted molar refractivity (Wildman–Crippen MR) is 96.5 cm³/mol. The highest BCUT2D eigenvalue weighted by Gasteiger charge is 2.46. The van der Waals surface area contributed by atoms with Crippen molar-refractivity contribution < 1.29 is 9.59 Å². The van der Waals surface area contributed by atoms with Crippen molar-refractivity contribution in [1.29, 1.82) is 0 Å². The molecule has 1 aromatic carbocycles. The van der Waals surface area contributed by atoms with Crippen molar-refractivity contribution in [3.63, 3.8) is 0 Å². The Kier molecular flexibility index (Phi) is 5.25. The first-order chi connectivity index (χ1) is 11.5. The molecule has 0 bridgehead atoms. The number of nitrogens with one attached hydrogen (secondary N) is 1. The lowest BCUT2D eigenvalue weighted by Crippen LogP contribution is -2.54. The standard InChI is InChI=1S/C18H24BrN3O2/c19-14-4-2-13(3-5-14)18(8-1-9-18)17(24)21-15-6-10-22(11-7-15)12-16(20)23/h2-5,15H,1,6-12H2,(H2,20,23)(H,21,24). The number of hydrogen-bond acceptors (Lipinski definition) is 3. The minimum absolute atomic E-state index is 0.157. The number of nitrogens with two attached hydrogens (primary N) is 1. The second-order valence-corrected chi connectivity index (χ2v) is 7.85. The highest BCUT2D eigenvalue weighted by molar-refractivity contribution is 9.10. The molecule has 0 aromatic heterocycles. The van der Waals surface area contributed by atoms with Crippen molar-refractivity contribution in [3.8, 4) is 0 Å². The fourth-order valence-corrected chi connectivity index (χ4v) is 3.99. The summed E-state index contributed by atoms with van der Waals surface area (Å²) in [7, 11) is 0. The van der Waals surface area contributed by atoms with Gasteiger partial charge in [0.15, 0.2) is 0 Å². The molecule has 5 nitrogen and oxygen atoms in total. The maximum atomic E-state index is 12.9. The van der Waals surface area contributed by atoms with Crippen LogP contribution in [0.2, 0.25) is 0 Å². The average molecular weight is 394 g/mol. The molecule has 2 fully saturated rings. The summed E-state index contributed by atoms with van der Waals surface area (Å²) in [6, 6.07) is 8.31. The van der Waals surface area contributed by atoms with Crippen molar-refractivity contribution in [1.82, 2.24) is 10.2 Å². The number of piperidine rings is 1. The molecule has 0 unspecified atom stereocenters. The number of carbonyl (C=O) groups is 2. The van der Waals surface area contributed by atoms with Gasteiger partial charge in [0, 0.05) is 23.6 Å². The first kappa shape index (κ1) is 17.4. The third kappa shape index (κ3) is 3.64. The Bertz CT molecular complexity index is 605. The largest absolute Gasteiger partial charge is 0.369 e. The fourth-order valence-electron chi connectivity index (χ4n) is 3.73. The van der Waals surface area contributed by atoms with E-state index < -0.39 is 0 Å². The van der Waals surface area contributed by atoms with Crippen LogP contribution < -0.4 is 11.1 Å². The van der Waals surface area contributed by atoms with E-state index in [2.05, 4.69) is 38.3 Å². The Balaban J connectivity index is 1.60. The Morgan fingerprint density at radius 2 is 1.83 bits per heavy atom. The highest BCUT2D eigenvalue weighted by atomic mass is 79.9. The maximum absolute atomic E-state index is 12.9. The molecule has 3 rings (SSSR count). The van der Waals surface area contributed by atoms with E-state index in [0.29, 0.717) is 6.54 Å². The number of amides is 2. The fraction of sp³-hybridized carbons (Fsp3) is 0.556. The maximum Gasteiger partial charge on any atom is 0.231 e. The molecule has 0 spiro atoms. The summed E-state index contributed by atoms with van der Waals surface area (Å²) in [5.41, 5.74) is 6.00. The molecule has 1 saturated heterocycles. The van der Waals surface area contributed by atoms with Gasteiger partial charge in [0.2, 0.25) is 11.8 Å². The molecule has 24 heavy (non-hydrogen) atoms. The van der Waals surface area contributed by atoms with Crippen LogP contribution in [-0.4, -0.2) is 42.4 Å². The van der Waals surface area contributed by atoms with E-state index in [9.17, 15) is 9.59 Å². The second kappa shape index (κ2) is 7.23. The van der Waals surface area contributed by atoms with E-state index >= 15 is 0 Å². The van der Waals surface area contributed by atoms with Crippen molar-refractivity contribution in [3.05, 3.63) is 34.3 Å². The summed E-state index contributed by atoms with van der Waals surface area (Å²) in [6.45, 7) is 1.92. The van der Waals surface area contributed by atoms with Gasteiger partial charge >= 0.3 is 0 Å². The van der Waals surface area contributed by atoms with Crippen LogP contribution in [0.4, 0.5) is 0 Å². The minimum Gasteiger partial charge on any atom is -0.369 e. The second-order valence-electron chi connectivity index (χ2n) is 6.93. The molecular weight excluding hydrogens is 370 g/mol. The monoisotopic (exact) mass is 393 g/mol. The molecule has 1 aliphatic carbocycles. The summed E-state index contributed by atoms with van der Waals surface area (Å²) in [5.74, 6) is -0.134. The molecule has 3 N–H and O–H groups in total. The van der Waals surface area contributed by atoms with Crippen LogP contribution in [0.1, 0.15) is 37.7 Å². The summed E-state index contributed by atoms with van der Waals surface area (Å²) in [5, 5.41) is 3.26. The Morgan fingerprint density at radius 1 is 1.21 bits per heavy atom. The van der Waals surface area contributed by atoms with Crippen molar-refractivity contribution in [2.24, 2.45) is 5.73 Å². The van der Waals surface area contributed by atoms with Gasteiger partial charge in [-0.25, -0.2) is 0 Å². The first-order valence-corrected chi connectivity index (χ1v) is 9.36. The summed E-state index contributed by atoms with van der Waals surface area (Å²) < 4.78 is 1.03. The summed E-state index contributed by atoms with van der Waals surface area (Å²) >= 11 is 3.45. The van der Waals surface area contributed by atoms with E-state index in [-0.39, 0.29) is 23.3 Å². The molecule has 2 amide bonds. The lowest BCUT2D eigenvalue weighted by molar-refractivity contribution is -0.131. The van der Waals surface area contributed by atoms with Crippen LogP contribution in [0.25, 0.3) is 0 Å². The quantitative estimate of drug-likeness (QED) is 0.802. The van der Waals surface area contributed by atoms with Gasteiger partial charge < -0.3 is 11.1 Å². The minimum atomic E-state index is -0.356. The molecule has 1 aromatic rings. The number of benzene rings is 1. The number of carbonyl (C=O) groups excluding carboxylic acids is 2. The summed E-state index contributed by atoms with van der Waals surface area (Å²) in [4.78, 5) is 26.0. The van der Waals surface area contributed by atoms with E-state index in [1.54, 1.807) is 0 Å². The highest BCUT2D eigenvalue weighted by Crippen LogP contribution is 2.44.